The molecule has 0 saturated carbocycles. The number of hydrogen-bond acceptors (Lipinski definition) is 5. The second-order valence-electron chi connectivity index (χ2n) is 9.63. The van der Waals surface area contributed by atoms with Gasteiger partial charge < -0.3 is 20.3 Å². The molecule has 2 N–H and O–H groups in total. The second kappa shape index (κ2) is 13.0. The van der Waals surface area contributed by atoms with Crippen LogP contribution < -0.4 is 15.4 Å². The quantitative estimate of drug-likeness (QED) is 0.282. The van der Waals surface area contributed by atoms with Gasteiger partial charge in [-0.2, -0.15) is 5.10 Å². The van der Waals surface area contributed by atoms with Gasteiger partial charge in [0.05, 0.1) is 19.3 Å². The van der Waals surface area contributed by atoms with Gasteiger partial charge in [-0.3, -0.25) is 9.67 Å². The molecule has 2 aromatic heterocycles. The van der Waals surface area contributed by atoms with Crippen LogP contribution in [-0.2, 0) is 19.5 Å². The lowest BCUT2D eigenvalue weighted by atomic mass is 10.00. The first kappa shape index (κ1) is 26.4. The second-order valence-corrected chi connectivity index (χ2v) is 9.63. The summed E-state index contributed by atoms with van der Waals surface area (Å²) in [7, 11) is 0. The number of halogens is 1. The smallest absolute Gasteiger partial charge is 0.319 e. The van der Waals surface area contributed by atoms with Crippen molar-refractivity contribution in [3.05, 3.63) is 96.3 Å². The average Bonchev–Trinajstić information content (AvgIpc) is 3.66. The van der Waals surface area contributed by atoms with Crippen molar-refractivity contribution < 1.29 is 13.9 Å². The van der Waals surface area contributed by atoms with Crippen molar-refractivity contribution in [1.29, 1.82) is 0 Å². The predicted octanol–water partition coefficient (Wildman–Crippen LogP) is 5.12. The number of carbonyl (C=O) groups is 1. The van der Waals surface area contributed by atoms with Crippen molar-refractivity contribution >= 4 is 11.7 Å². The van der Waals surface area contributed by atoms with E-state index in [2.05, 4.69) is 25.6 Å². The van der Waals surface area contributed by atoms with Crippen LogP contribution in [0.3, 0.4) is 0 Å². The monoisotopic (exact) mass is 528 g/mol. The molecular weight excluding hydrogens is 495 g/mol. The molecule has 1 aliphatic heterocycles. The van der Waals surface area contributed by atoms with Gasteiger partial charge in [-0.1, -0.05) is 12.1 Å². The third-order valence-electron chi connectivity index (χ3n) is 6.79. The van der Waals surface area contributed by atoms with E-state index in [1.165, 1.54) is 18.9 Å². The summed E-state index contributed by atoms with van der Waals surface area (Å²) in [6.45, 7) is 4.94. The van der Waals surface area contributed by atoms with Crippen molar-refractivity contribution in [2.24, 2.45) is 0 Å². The minimum absolute atomic E-state index is 0.271. The number of likely N-dealkylation sites (tertiary alicyclic amines) is 1. The van der Waals surface area contributed by atoms with Crippen molar-refractivity contribution in [2.45, 2.75) is 32.4 Å². The summed E-state index contributed by atoms with van der Waals surface area (Å²) in [4.78, 5) is 18.7. The standard InChI is InChI=1S/C30H33FN6O2/c31-26-6-5-24(29(18-26)25-21-34-37(22-25)16-15-36-13-1-2-14-36)11-17-39-28-9-7-27(8-10-28)35-30(38)33-20-23-4-3-12-32-19-23/h3-10,12,18-19,21-22H,1-2,11,13-17,20H2,(H2,33,35,38). The Morgan fingerprint density at radius 3 is 2.67 bits per heavy atom. The first-order chi connectivity index (χ1) is 19.1. The zero-order valence-corrected chi connectivity index (χ0v) is 21.9. The highest BCUT2D eigenvalue weighted by molar-refractivity contribution is 5.89. The van der Waals surface area contributed by atoms with Gasteiger partial charge in [0.1, 0.15) is 11.6 Å². The Bertz CT molecular complexity index is 1350. The number of aromatic nitrogens is 3. The summed E-state index contributed by atoms with van der Waals surface area (Å²) in [6, 6.07) is 15.5. The summed E-state index contributed by atoms with van der Waals surface area (Å²) < 4.78 is 22.0. The molecule has 9 heteroatoms. The predicted molar refractivity (Wildman–Crippen MR) is 149 cm³/mol. The molecule has 3 heterocycles. The molecule has 2 aromatic carbocycles. The lowest BCUT2D eigenvalue weighted by molar-refractivity contribution is 0.251. The van der Waals surface area contributed by atoms with Gasteiger partial charge in [-0.15, -0.1) is 0 Å². The van der Waals surface area contributed by atoms with E-state index >= 15 is 0 Å². The molecule has 1 aliphatic rings. The van der Waals surface area contributed by atoms with Gasteiger partial charge in [0.25, 0.3) is 0 Å². The lowest BCUT2D eigenvalue weighted by Gasteiger charge is -2.14. The molecular formula is C30H33FN6O2. The minimum Gasteiger partial charge on any atom is -0.493 e. The van der Waals surface area contributed by atoms with Crippen LogP contribution in [0.2, 0.25) is 0 Å². The van der Waals surface area contributed by atoms with Gasteiger partial charge in [0.15, 0.2) is 0 Å². The Hall–Kier alpha value is -4.24. The van der Waals surface area contributed by atoms with E-state index in [0.29, 0.717) is 31.0 Å². The van der Waals surface area contributed by atoms with Gasteiger partial charge in [0, 0.05) is 49.4 Å². The molecule has 5 rings (SSSR count). The minimum atomic E-state index is -0.296. The van der Waals surface area contributed by atoms with E-state index in [9.17, 15) is 9.18 Å². The van der Waals surface area contributed by atoms with E-state index in [4.69, 9.17) is 4.74 Å². The topological polar surface area (TPSA) is 84.3 Å². The molecule has 39 heavy (non-hydrogen) atoms. The van der Waals surface area contributed by atoms with Crippen LogP contribution in [0, 0.1) is 5.82 Å². The lowest BCUT2D eigenvalue weighted by Crippen LogP contribution is -2.28. The number of urea groups is 1. The van der Waals surface area contributed by atoms with Crippen LogP contribution in [-0.4, -0.2) is 51.9 Å². The molecule has 202 valence electrons. The number of carbonyl (C=O) groups excluding carboxylic acids is 1. The fourth-order valence-corrected chi connectivity index (χ4v) is 4.68. The number of anilines is 1. The van der Waals surface area contributed by atoms with E-state index in [0.717, 1.165) is 48.4 Å². The highest BCUT2D eigenvalue weighted by Crippen LogP contribution is 2.26. The van der Waals surface area contributed by atoms with Crippen molar-refractivity contribution in [2.75, 3.05) is 31.6 Å². The highest BCUT2D eigenvalue weighted by Gasteiger charge is 2.13. The summed E-state index contributed by atoms with van der Waals surface area (Å²) in [6.07, 6.45) is 10.4. The van der Waals surface area contributed by atoms with Crippen molar-refractivity contribution in [3.8, 4) is 16.9 Å². The van der Waals surface area contributed by atoms with Crippen LogP contribution in [0.25, 0.3) is 11.1 Å². The van der Waals surface area contributed by atoms with Gasteiger partial charge in [0.2, 0.25) is 0 Å². The van der Waals surface area contributed by atoms with Crippen LogP contribution >= 0.6 is 0 Å². The largest absolute Gasteiger partial charge is 0.493 e. The molecule has 2 amide bonds. The SMILES string of the molecule is O=C(NCc1cccnc1)Nc1ccc(OCCc2ccc(F)cc2-c2cnn(CCN3CCCC3)c2)cc1. The van der Waals surface area contributed by atoms with E-state index in [1.807, 2.05) is 47.4 Å². The molecule has 0 unspecified atom stereocenters. The molecule has 0 atom stereocenters. The van der Waals surface area contributed by atoms with Crippen LogP contribution in [0.4, 0.5) is 14.9 Å². The number of nitrogens with zero attached hydrogens (tertiary/aromatic N) is 4. The molecule has 0 bridgehead atoms. The van der Waals surface area contributed by atoms with Crippen LogP contribution in [0.1, 0.15) is 24.0 Å². The molecule has 0 radical (unpaired) electrons. The first-order valence-corrected chi connectivity index (χ1v) is 13.3. The fourth-order valence-electron chi connectivity index (χ4n) is 4.68. The van der Waals surface area contributed by atoms with Crippen molar-refractivity contribution in [3.63, 3.8) is 0 Å². The van der Waals surface area contributed by atoms with E-state index < -0.39 is 0 Å². The molecule has 8 nitrogen and oxygen atoms in total. The molecule has 1 saturated heterocycles. The molecule has 4 aromatic rings. The number of amides is 2. The zero-order valence-electron chi connectivity index (χ0n) is 21.9. The number of nitrogens with one attached hydrogen (secondary N) is 2. The number of pyridine rings is 1. The fraction of sp³-hybridized carbons (Fsp3) is 0.300. The summed E-state index contributed by atoms with van der Waals surface area (Å²) in [5.41, 5.74) is 4.32. The maximum Gasteiger partial charge on any atom is 0.319 e. The molecule has 0 aliphatic carbocycles. The summed E-state index contributed by atoms with van der Waals surface area (Å²) in [5, 5.41) is 10.1. The van der Waals surface area contributed by atoms with Crippen molar-refractivity contribution in [1.82, 2.24) is 25.0 Å². The maximum absolute atomic E-state index is 14.1. The Labute approximate surface area is 227 Å². The van der Waals surface area contributed by atoms with E-state index in [-0.39, 0.29) is 11.8 Å². The summed E-state index contributed by atoms with van der Waals surface area (Å²) >= 11 is 0. The Morgan fingerprint density at radius 2 is 1.87 bits per heavy atom. The average molecular weight is 529 g/mol. The number of rotatable bonds is 11. The van der Waals surface area contributed by atoms with Gasteiger partial charge >= 0.3 is 6.03 Å². The van der Waals surface area contributed by atoms with Crippen LogP contribution in [0.5, 0.6) is 5.75 Å². The maximum atomic E-state index is 14.1. The number of hydrogen-bond donors (Lipinski definition) is 2. The zero-order chi connectivity index (χ0) is 26.9. The summed E-state index contributed by atoms with van der Waals surface area (Å²) in [5.74, 6) is 0.418. The third kappa shape index (κ3) is 7.64. The highest BCUT2D eigenvalue weighted by atomic mass is 19.1. The van der Waals surface area contributed by atoms with Gasteiger partial charge in [-0.25, -0.2) is 9.18 Å². The Balaban J connectivity index is 1.11. The number of ether oxygens (including phenoxy) is 1. The Kier molecular flexibility index (Phi) is 8.80. The number of benzene rings is 2. The molecule has 0 spiro atoms. The normalized spacial score (nSPS) is 13.4. The van der Waals surface area contributed by atoms with Crippen LogP contribution in [0.15, 0.2) is 79.4 Å². The Morgan fingerprint density at radius 1 is 1.03 bits per heavy atom. The third-order valence-corrected chi connectivity index (χ3v) is 6.79. The molecule has 1 fully saturated rings. The van der Waals surface area contributed by atoms with E-state index in [1.54, 1.807) is 30.6 Å². The first-order valence-electron chi connectivity index (χ1n) is 13.3. The van der Waals surface area contributed by atoms with Gasteiger partial charge in [-0.05, 0) is 85.1 Å².